The largest absolute Gasteiger partial charge is 0.432 e. The molecular formula is C99H60N8O3. The average Bonchev–Trinajstić information content (AvgIpc) is 1.37. The van der Waals surface area contributed by atoms with E-state index in [1.807, 2.05) is 31.8 Å². The summed E-state index contributed by atoms with van der Waals surface area (Å²) >= 11 is 0. The smallest absolute Gasteiger partial charge is 0.306 e. The number of nitrogens with zero attached hydrogens (tertiary/aromatic N) is 8. The highest BCUT2D eigenvalue weighted by molar-refractivity contribution is 6.27. The van der Waals surface area contributed by atoms with Gasteiger partial charge in [0, 0.05) is 57.1 Å². The number of fused-ring (bicyclic) bond motifs is 27. The summed E-state index contributed by atoms with van der Waals surface area (Å²) in [6.45, 7) is 0. The molecule has 25 aromatic rings. The van der Waals surface area contributed by atoms with Gasteiger partial charge < -0.3 is 22.4 Å². The van der Waals surface area contributed by atoms with Crippen molar-refractivity contribution in [1.82, 2.24) is 37.3 Å². The molecule has 514 valence electrons. The van der Waals surface area contributed by atoms with Crippen LogP contribution in [0.3, 0.4) is 0 Å². The van der Waals surface area contributed by atoms with Crippen LogP contribution in [0.5, 0.6) is 0 Å². The Labute approximate surface area is 626 Å². The fourth-order valence-corrected chi connectivity index (χ4v) is 17.4. The molecule has 0 saturated heterocycles. The molecule has 11 heteroatoms. The van der Waals surface area contributed by atoms with E-state index in [1.54, 1.807) is 18.8 Å². The molecule has 0 unspecified atom stereocenters. The Morgan fingerprint density at radius 2 is 0.527 bits per heavy atom. The van der Waals surface area contributed by atoms with Gasteiger partial charge in [-0.25, -0.2) is 0 Å². The molecule has 0 atom stereocenters. The second-order valence-electron chi connectivity index (χ2n) is 28.3. The fourth-order valence-electron chi connectivity index (χ4n) is 17.4. The van der Waals surface area contributed by atoms with Crippen LogP contribution in [0.15, 0.2) is 378 Å². The summed E-state index contributed by atoms with van der Waals surface area (Å²) < 4.78 is 27.2. The molecule has 11 nitrogen and oxygen atoms in total. The van der Waals surface area contributed by atoms with Gasteiger partial charge in [-0.3, -0.25) is 13.2 Å². The van der Waals surface area contributed by atoms with Gasteiger partial charge in [-0.2, -0.15) is 15.0 Å². The lowest BCUT2D eigenvalue weighted by Gasteiger charge is -2.12. The van der Waals surface area contributed by atoms with Crippen LogP contribution in [-0.4, -0.2) is 37.3 Å². The summed E-state index contributed by atoms with van der Waals surface area (Å²) in [5.74, 6) is 1.84. The number of hydrogen-bond acceptors (Lipinski definition) is 6. The Morgan fingerprint density at radius 3 is 1.03 bits per heavy atom. The molecule has 0 bridgehead atoms. The van der Waals surface area contributed by atoms with Crippen molar-refractivity contribution in [2.75, 3.05) is 0 Å². The summed E-state index contributed by atoms with van der Waals surface area (Å²) in [5, 5.41) is 20.5. The topological polar surface area (TPSA) is 101 Å². The maximum absolute atomic E-state index is 5.55. The van der Waals surface area contributed by atoms with Crippen LogP contribution in [0.2, 0.25) is 0 Å². The number of imidazole rings is 3. The van der Waals surface area contributed by atoms with Crippen LogP contribution in [0, 0.1) is 0 Å². The van der Waals surface area contributed by atoms with Crippen molar-refractivity contribution in [3.05, 3.63) is 365 Å². The number of rotatable bonds is 6. The third-order valence-electron chi connectivity index (χ3n) is 22.4. The number of para-hydroxylation sites is 4. The van der Waals surface area contributed by atoms with E-state index >= 15 is 0 Å². The van der Waals surface area contributed by atoms with Crippen LogP contribution in [0.25, 0.3) is 215 Å². The molecule has 0 aliphatic carbocycles. The van der Waals surface area contributed by atoms with E-state index in [-0.39, 0.29) is 0 Å². The van der Waals surface area contributed by atoms with Crippen molar-refractivity contribution >= 4 is 159 Å². The van der Waals surface area contributed by atoms with E-state index in [1.165, 1.54) is 131 Å². The molecule has 8 aromatic heterocycles. The quantitative estimate of drug-likeness (QED) is 0.154. The van der Waals surface area contributed by atoms with E-state index in [0.29, 0.717) is 17.5 Å². The van der Waals surface area contributed by atoms with E-state index in [9.17, 15) is 0 Å². The fraction of sp³-hybridized carbons (Fsp3) is 0. The number of benzene rings is 17. The van der Waals surface area contributed by atoms with Gasteiger partial charge in [0.25, 0.3) is 0 Å². The Kier molecular flexibility index (Phi) is 13.5. The molecule has 0 saturated carbocycles. The first-order chi connectivity index (χ1) is 54.5. The zero-order valence-corrected chi connectivity index (χ0v) is 58.9. The first-order valence-corrected chi connectivity index (χ1v) is 37.0. The summed E-state index contributed by atoms with van der Waals surface area (Å²) in [7, 11) is 0. The lowest BCUT2D eigenvalue weighted by Crippen LogP contribution is -1.96. The normalized spacial score (nSPS) is 12.0. The SMILES string of the molecule is c1cc(-c2ccc3c(c2)nc2occn23)cc(-c2ccc3c4ccccc4c4ccccc4c3c2)c1.c1cc(-c2ccc3c4ccccc4c4ccccc4c3c2)cc(-c2cccc3c2nc2occn23)c1.c1ccc2c(c1)c1ccccc1n2-c1ccc2c(c1)c1ccccc1n2-c1ccc2c(c1)nc1occn12. The lowest BCUT2D eigenvalue weighted by atomic mass is 9.91. The molecule has 0 N–H and O–H groups in total. The van der Waals surface area contributed by atoms with Gasteiger partial charge in [-0.05, 0) is 201 Å². The van der Waals surface area contributed by atoms with Crippen LogP contribution in [-0.2, 0) is 0 Å². The first kappa shape index (κ1) is 61.3. The predicted molar refractivity (Wildman–Crippen MR) is 450 cm³/mol. The minimum Gasteiger partial charge on any atom is -0.432 e. The minimum absolute atomic E-state index is 0.607. The molecule has 17 aromatic carbocycles. The van der Waals surface area contributed by atoms with E-state index in [2.05, 4.69) is 342 Å². The monoisotopic (exact) mass is 1410 g/mol. The number of hydrogen-bond donors (Lipinski definition) is 0. The third kappa shape index (κ3) is 9.54. The molecule has 8 heterocycles. The van der Waals surface area contributed by atoms with Gasteiger partial charge in [0.2, 0.25) is 0 Å². The maximum Gasteiger partial charge on any atom is 0.306 e. The minimum atomic E-state index is 0.607. The van der Waals surface area contributed by atoms with Gasteiger partial charge in [0.15, 0.2) is 0 Å². The Bertz CT molecular complexity index is 7970. The molecule has 0 radical (unpaired) electrons. The first-order valence-electron chi connectivity index (χ1n) is 37.0. The van der Waals surface area contributed by atoms with Gasteiger partial charge in [-0.15, -0.1) is 0 Å². The van der Waals surface area contributed by atoms with Gasteiger partial charge in [0.1, 0.15) is 24.3 Å². The second kappa shape index (κ2) is 24.2. The van der Waals surface area contributed by atoms with Gasteiger partial charge >= 0.3 is 17.5 Å². The van der Waals surface area contributed by atoms with Crippen molar-refractivity contribution in [2.24, 2.45) is 0 Å². The van der Waals surface area contributed by atoms with Crippen molar-refractivity contribution in [2.45, 2.75) is 0 Å². The molecule has 110 heavy (non-hydrogen) atoms. The van der Waals surface area contributed by atoms with E-state index in [0.717, 1.165) is 66.7 Å². The molecular weight excluding hydrogens is 1350 g/mol. The van der Waals surface area contributed by atoms with Crippen molar-refractivity contribution < 1.29 is 13.3 Å². The second-order valence-corrected chi connectivity index (χ2v) is 28.3. The van der Waals surface area contributed by atoms with Gasteiger partial charge in [-0.1, -0.05) is 231 Å². The van der Waals surface area contributed by atoms with Crippen molar-refractivity contribution in [1.29, 1.82) is 0 Å². The highest BCUT2D eigenvalue weighted by atomic mass is 16.4. The van der Waals surface area contributed by atoms with Gasteiger partial charge in [0.05, 0.1) is 49.7 Å². The van der Waals surface area contributed by atoms with Crippen LogP contribution >= 0.6 is 0 Å². The summed E-state index contributed by atoms with van der Waals surface area (Å²) in [6, 6.07) is 118. The maximum atomic E-state index is 5.55. The Hall–Kier alpha value is -15.1. The number of aromatic nitrogens is 8. The Morgan fingerprint density at radius 1 is 0.200 bits per heavy atom. The molecule has 0 amide bonds. The summed E-state index contributed by atoms with van der Waals surface area (Å²) in [6.07, 6.45) is 10.7. The van der Waals surface area contributed by atoms with Crippen LogP contribution < -0.4 is 0 Å². The highest BCUT2D eigenvalue weighted by Gasteiger charge is 2.21. The van der Waals surface area contributed by atoms with E-state index in [4.69, 9.17) is 23.2 Å². The van der Waals surface area contributed by atoms with Crippen molar-refractivity contribution in [3.63, 3.8) is 0 Å². The lowest BCUT2D eigenvalue weighted by molar-refractivity contribution is 0.596. The molecule has 0 aliphatic heterocycles. The highest BCUT2D eigenvalue weighted by Crippen LogP contribution is 2.43. The van der Waals surface area contributed by atoms with Crippen LogP contribution in [0.1, 0.15) is 0 Å². The molecule has 0 spiro atoms. The summed E-state index contributed by atoms with van der Waals surface area (Å²) in [4.78, 5) is 14.1. The molecule has 0 fully saturated rings. The van der Waals surface area contributed by atoms with E-state index < -0.39 is 0 Å². The summed E-state index contributed by atoms with van der Waals surface area (Å²) in [5.41, 5.74) is 22.3. The molecule has 25 rings (SSSR count). The predicted octanol–water partition coefficient (Wildman–Crippen LogP) is 26.0. The average molecular weight is 1410 g/mol. The zero-order valence-electron chi connectivity index (χ0n) is 58.9. The standard InChI is InChI=1S/C33H20N4O.2C33H20N2O/c1-4-10-28-23(7-1)24-8-2-5-11-29(24)36(28)21-13-15-31-26(19-21)25-9-3-6-12-30(25)37(31)22-14-16-32-27(20-22)34-33-35(32)17-18-38-33;1-2-11-27-25(9-1)26-10-3-4-12-28(26)30-20-22(15-16-29(27)30)21-7-5-8-23(19-21)24-13-6-14-31-32(24)34-33-35(31)17-18-36-33;1-2-10-27-25(8-1)26-9-3-4-11-28(26)30-19-23(12-14-29(27)30)21-6-5-7-22(18-21)24-13-15-32-31(20-24)34-33-35(32)16-17-36-33/h1-20H;2*1-20H. The Balaban J connectivity index is 0.0000000991. The van der Waals surface area contributed by atoms with Crippen LogP contribution in [0.4, 0.5) is 0 Å². The molecule has 0 aliphatic rings. The third-order valence-corrected chi connectivity index (χ3v) is 22.4. The zero-order chi connectivity index (χ0) is 72.1. The number of oxazole rings is 3. The van der Waals surface area contributed by atoms with Crippen molar-refractivity contribution in [3.8, 4) is 55.9 Å².